The quantitative estimate of drug-likeness (QED) is 0.869. The van der Waals surface area contributed by atoms with Crippen molar-refractivity contribution in [1.29, 1.82) is 0 Å². The molecule has 1 aromatic heterocycles. The molecular formula is C15H25N3. The van der Waals surface area contributed by atoms with Crippen molar-refractivity contribution in [3.63, 3.8) is 0 Å². The molecule has 0 amide bonds. The van der Waals surface area contributed by atoms with Crippen LogP contribution < -0.4 is 5.73 Å². The van der Waals surface area contributed by atoms with Crippen LogP contribution in [0.25, 0.3) is 0 Å². The topological polar surface area (TPSA) is 42.1 Å². The van der Waals surface area contributed by atoms with Crippen LogP contribution in [0.2, 0.25) is 0 Å². The van der Waals surface area contributed by atoms with E-state index in [4.69, 9.17) is 5.73 Å². The summed E-state index contributed by atoms with van der Waals surface area (Å²) < 4.78 is 0. The molecule has 18 heavy (non-hydrogen) atoms. The van der Waals surface area contributed by atoms with E-state index in [-0.39, 0.29) is 0 Å². The Labute approximate surface area is 110 Å². The van der Waals surface area contributed by atoms with Crippen molar-refractivity contribution >= 4 is 0 Å². The number of pyridine rings is 1. The van der Waals surface area contributed by atoms with E-state index in [1.807, 2.05) is 18.5 Å². The molecule has 2 N–H and O–H groups in total. The van der Waals surface area contributed by atoms with Gasteiger partial charge < -0.3 is 5.73 Å². The Morgan fingerprint density at radius 1 is 1.50 bits per heavy atom. The van der Waals surface area contributed by atoms with Crippen molar-refractivity contribution < 1.29 is 0 Å². The minimum atomic E-state index is 0.548. The van der Waals surface area contributed by atoms with Crippen LogP contribution in [0.1, 0.15) is 38.3 Å². The van der Waals surface area contributed by atoms with E-state index in [1.165, 1.54) is 24.9 Å². The number of nitrogens with two attached hydrogens (primary N) is 1. The molecule has 0 aliphatic carbocycles. The molecule has 0 radical (unpaired) electrons. The van der Waals surface area contributed by atoms with E-state index in [2.05, 4.69) is 29.8 Å². The second-order valence-electron chi connectivity index (χ2n) is 5.68. The van der Waals surface area contributed by atoms with Crippen LogP contribution in [-0.4, -0.2) is 29.5 Å². The molecule has 2 unspecified atom stereocenters. The highest BCUT2D eigenvalue weighted by atomic mass is 15.2. The summed E-state index contributed by atoms with van der Waals surface area (Å²) in [5.41, 5.74) is 7.25. The molecule has 2 rings (SSSR count). The lowest BCUT2D eigenvalue weighted by Gasteiger charge is -2.30. The highest BCUT2D eigenvalue weighted by Crippen LogP contribution is 2.32. The molecule has 0 aromatic carbocycles. The lowest BCUT2D eigenvalue weighted by molar-refractivity contribution is 0.191. The van der Waals surface area contributed by atoms with Gasteiger partial charge in [-0.3, -0.25) is 9.88 Å². The van der Waals surface area contributed by atoms with Gasteiger partial charge >= 0.3 is 0 Å². The van der Waals surface area contributed by atoms with Gasteiger partial charge in [0.15, 0.2) is 0 Å². The number of likely N-dealkylation sites (tertiary alicyclic amines) is 1. The normalized spacial score (nSPS) is 22.6. The number of aromatic nitrogens is 1. The van der Waals surface area contributed by atoms with Crippen LogP contribution in [0, 0.1) is 11.8 Å². The zero-order valence-corrected chi connectivity index (χ0v) is 11.5. The smallest absolute Gasteiger partial charge is 0.0363 e. The van der Waals surface area contributed by atoms with E-state index in [0.717, 1.165) is 13.1 Å². The molecule has 0 bridgehead atoms. The monoisotopic (exact) mass is 247 g/mol. The summed E-state index contributed by atoms with van der Waals surface area (Å²) in [7, 11) is 0. The number of nitrogens with zero attached hydrogens (tertiary/aromatic N) is 2. The zero-order chi connectivity index (χ0) is 13.0. The van der Waals surface area contributed by atoms with Gasteiger partial charge in [-0.05, 0) is 49.4 Å². The largest absolute Gasteiger partial charge is 0.330 e. The van der Waals surface area contributed by atoms with E-state index in [1.54, 1.807) is 0 Å². The van der Waals surface area contributed by atoms with E-state index >= 15 is 0 Å². The Balaban J connectivity index is 2.04. The van der Waals surface area contributed by atoms with Gasteiger partial charge in [-0.25, -0.2) is 0 Å². The Morgan fingerprint density at radius 2 is 2.33 bits per heavy atom. The third-order valence-corrected chi connectivity index (χ3v) is 4.15. The lowest BCUT2D eigenvalue weighted by atomic mass is 9.94. The van der Waals surface area contributed by atoms with Crippen molar-refractivity contribution in [2.75, 3.05) is 19.6 Å². The van der Waals surface area contributed by atoms with Crippen LogP contribution in [0.3, 0.4) is 0 Å². The molecule has 0 saturated carbocycles. The molecule has 3 nitrogen and oxygen atoms in total. The fraction of sp³-hybridized carbons (Fsp3) is 0.667. The number of hydrogen-bond donors (Lipinski definition) is 1. The molecule has 1 aliphatic rings. The summed E-state index contributed by atoms with van der Waals surface area (Å²) >= 11 is 0. The van der Waals surface area contributed by atoms with Crippen molar-refractivity contribution in [3.05, 3.63) is 30.1 Å². The average Bonchev–Trinajstić information content (AvgIpc) is 2.84. The summed E-state index contributed by atoms with van der Waals surface area (Å²) in [6.45, 7) is 7.64. The maximum atomic E-state index is 5.90. The summed E-state index contributed by atoms with van der Waals surface area (Å²) in [4.78, 5) is 6.84. The summed E-state index contributed by atoms with van der Waals surface area (Å²) in [5.74, 6) is 1.26. The summed E-state index contributed by atoms with van der Waals surface area (Å²) in [5, 5.41) is 0. The van der Waals surface area contributed by atoms with Crippen LogP contribution in [0.15, 0.2) is 24.5 Å². The van der Waals surface area contributed by atoms with Crippen molar-refractivity contribution in [2.45, 2.75) is 32.7 Å². The van der Waals surface area contributed by atoms with Crippen LogP contribution >= 0.6 is 0 Å². The first-order chi connectivity index (χ1) is 8.72. The predicted molar refractivity (Wildman–Crippen MR) is 75.2 cm³/mol. The molecule has 100 valence electrons. The lowest BCUT2D eigenvalue weighted by Crippen LogP contribution is -2.35. The Kier molecular flexibility index (Phi) is 4.72. The highest BCUT2D eigenvalue weighted by Gasteiger charge is 2.28. The van der Waals surface area contributed by atoms with Gasteiger partial charge in [0.2, 0.25) is 0 Å². The fourth-order valence-electron chi connectivity index (χ4n) is 2.85. The number of rotatable bonds is 5. The van der Waals surface area contributed by atoms with Crippen LogP contribution in [0.5, 0.6) is 0 Å². The maximum absolute atomic E-state index is 5.90. The number of hydrogen-bond acceptors (Lipinski definition) is 3. The second-order valence-corrected chi connectivity index (χ2v) is 5.68. The highest BCUT2D eigenvalue weighted by molar-refractivity contribution is 5.15. The maximum Gasteiger partial charge on any atom is 0.0363 e. The van der Waals surface area contributed by atoms with E-state index in [0.29, 0.717) is 17.9 Å². The van der Waals surface area contributed by atoms with Gasteiger partial charge in [0.25, 0.3) is 0 Å². The molecule has 1 fully saturated rings. The van der Waals surface area contributed by atoms with Gasteiger partial charge in [0, 0.05) is 25.0 Å². The molecule has 2 heterocycles. The summed E-state index contributed by atoms with van der Waals surface area (Å²) in [6.07, 6.45) is 6.39. The first-order valence-corrected chi connectivity index (χ1v) is 7.06. The molecule has 1 aliphatic heterocycles. The van der Waals surface area contributed by atoms with E-state index in [9.17, 15) is 0 Å². The van der Waals surface area contributed by atoms with Crippen molar-refractivity contribution in [1.82, 2.24) is 9.88 Å². The minimum absolute atomic E-state index is 0.548. The third kappa shape index (κ3) is 3.09. The first-order valence-electron chi connectivity index (χ1n) is 7.06. The summed E-state index contributed by atoms with van der Waals surface area (Å²) in [6, 6.07) is 4.78. The van der Waals surface area contributed by atoms with Crippen LogP contribution in [-0.2, 0) is 0 Å². The molecule has 0 spiro atoms. The van der Waals surface area contributed by atoms with Crippen molar-refractivity contribution in [2.24, 2.45) is 17.6 Å². The Hall–Kier alpha value is -0.930. The van der Waals surface area contributed by atoms with Gasteiger partial charge in [-0.2, -0.15) is 0 Å². The molecule has 2 atom stereocenters. The average molecular weight is 247 g/mol. The van der Waals surface area contributed by atoms with Gasteiger partial charge in [-0.15, -0.1) is 0 Å². The Bertz CT molecular complexity index is 350. The SMILES string of the molecule is CC(C)C(CN)CN1CCCC1c1cccnc1. The zero-order valence-electron chi connectivity index (χ0n) is 11.5. The van der Waals surface area contributed by atoms with Gasteiger partial charge in [0.1, 0.15) is 0 Å². The second kappa shape index (κ2) is 6.30. The Morgan fingerprint density at radius 3 is 2.94 bits per heavy atom. The molecular weight excluding hydrogens is 222 g/mol. The fourth-order valence-corrected chi connectivity index (χ4v) is 2.85. The molecule has 1 saturated heterocycles. The van der Waals surface area contributed by atoms with E-state index < -0.39 is 0 Å². The third-order valence-electron chi connectivity index (χ3n) is 4.15. The molecule has 3 heteroatoms. The first kappa shape index (κ1) is 13.5. The van der Waals surface area contributed by atoms with Crippen molar-refractivity contribution in [3.8, 4) is 0 Å². The molecule has 1 aromatic rings. The van der Waals surface area contributed by atoms with Gasteiger partial charge in [-0.1, -0.05) is 19.9 Å². The van der Waals surface area contributed by atoms with Gasteiger partial charge in [0.05, 0.1) is 0 Å². The van der Waals surface area contributed by atoms with Crippen LogP contribution in [0.4, 0.5) is 0 Å². The standard InChI is InChI=1S/C15H25N3/c1-12(2)14(9-16)11-18-8-4-6-15(18)13-5-3-7-17-10-13/h3,5,7,10,12,14-15H,4,6,8-9,11,16H2,1-2H3. The minimum Gasteiger partial charge on any atom is -0.330 e. The predicted octanol–water partition coefficient (Wildman–Crippen LogP) is 2.45.